The maximum atomic E-state index is 12.8. The molecule has 5 nitrogen and oxygen atoms in total. The molecule has 2 aliphatic rings. The Morgan fingerprint density at radius 2 is 2.00 bits per heavy atom. The second kappa shape index (κ2) is 6.06. The molecule has 4 rings (SSSR count). The van der Waals surface area contributed by atoms with E-state index in [4.69, 9.17) is 0 Å². The first-order valence-corrected chi connectivity index (χ1v) is 8.78. The number of H-pyrrole nitrogens is 1. The van der Waals surface area contributed by atoms with E-state index in [1.54, 1.807) is 12.3 Å². The van der Waals surface area contributed by atoms with Gasteiger partial charge in [-0.2, -0.15) is 5.10 Å². The van der Waals surface area contributed by atoms with E-state index < -0.39 is 5.60 Å². The molecule has 1 aliphatic heterocycles. The number of carbonyl (C=O) groups is 1. The van der Waals surface area contributed by atoms with Crippen LogP contribution in [0.2, 0.25) is 0 Å². The van der Waals surface area contributed by atoms with E-state index in [0.29, 0.717) is 18.7 Å². The number of rotatable bonds is 2. The number of carbonyl (C=O) groups excluding carboxylic acids is 1. The molecule has 1 amide bonds. The van der Waals surface area contributed by atoms with Gasteiger partial charge < -0.3 is 10.0 Å². The number of aliphatic hydroxyl groups is 1. The SMILES string of the molecule is O=C(c1ccn[nH]1)N1CC[C@@](O)(c2ccccc2)[C@@H]2CCCC[C@@H]21. The fraction of sp³-hybridized carbons (Fsp3) is 0.474. The summed E-state index contributed by atoms with van der Waals surface area (Å²) in [4.78, 5) is 14.8. The maximum Gasteiger partial charge on any atom is 0.272 e. The average Bonchev–Trinajstić information content (AvgIpc) is 3.17. The predicted molar refractivity (Wildman–Crippen MR) is 90.3 cm³/mol. The first kappa shape index (κ1) is 15.4. The van der Waals surface area contributed by atoms with Crippen LogP contribution in [-0.4, -0.2) is 38.7 Å². The number of hydrogen-bond acceptors (Lipinski definition) is 3. The lowest BCUT2D eigenvalue weighted by atomic mass is 9.66. The van der Waals surface area contributed by atoms with E-state index in [-0.39, 0.29) is 17.9 Å². The Bertz CT molecular complexity index is 701. The molecule has 0 radical (unpaired) electrons. The standard InChI is InChI=1S/C19H23N3O2/c23-18(16-10-12-20-21-16)22-13-11-19(24,14-6-2-1-3-7-14)15-8-4-5-9-17(15)22/h1-3,6-7,10,12,15,17,24H,4-5,8-9,11,13H2,(H,20,21)/t15-,17+,19-/m1/s1. The average molecular weight is 325 g/mol. The number of aromatic nitrogens is 2. The van der Waals surface area contributed by atoms with Crippen molar-refractivity contribution in [1.82, 2.24) is 15.1 Å². The van der Waals surface area contributed by atoms with Crippen LogP contribution in [0.5, 0.6) is 0 Å². The molecule has 2 heterocycles. The molecule has 126 valence electrons. The highest BCUT2D eigenvalue weighted by atomic mass is 16.3. The zero-order chi connectivity index (χ0) is 16.6. The smallest absolute Gasteiger partial charge is 0.272 e. The predicted octanol–water partition coefficient (Wildman–Crippen LogP) is 2.70. The van der Waals surface area contributed by atoms with Crippen molar-refractivity contribution in [2.75, 3.05) is 6.54 Å². The van der Waals surface area contributed by atoms with Gasteiger partial charge in [-0.15, -0.1) is 0 Å². The van der Waals surface area contributed by atoms with Gasteiger partial charge in [0.05, 0.1) is 5.60 Å². The zero-order valence-electron chi connectivity index (χ0n) is 13.7. The summed E-state index contributed by atoms with van der Waals surface area (Å²) in [6.45, 7) is 0.574. The molecule has 2 N–H and O–H groups in total. The second-order valence-electron chi connectivity index (χ2n) is 6.97. The second-order valence-corrected chi connectivity index (χ2v) is 6.97. The van der Waals surface area contributed by atoms with Crippen LogP contribution in [0.15, 0.2) is 42.6 Å². The Morgan fingerprint density at radius 3 is 2.75 bits per heavy atom. The minimum atomic E-state index is -0.836. The quantitative estimate of drug-likeness (QED) is 0.892. The summed E-state index contributed by atoms with van der Waals surface area (Å²) in [5, 5.41) is 18.2. The molecule has 1 saturated carbocycles. The van der Waals surface area contributed by atoms with Crippen LogP contribution in [-0.2, 0) is 5.60 Å². The van der Waals surface area contributed by atoms with Crippen molar-refractivity contribution < 1.29 is 9.90 Å². The van der Waals surface area contributed by atoms with Crippen LogP contribution >= 0.6 is 0 Å². The number of aromatic amines is 1. The summed E-state index contributed by atoms with van der Waals surface area (Å²) in [6.07, 6.45) is 6.33. The number of nitrogens with one attached hydrogen (secondary N) is 1. The maximum absolute atomic E-state index is 12.8. The fourth-order valence-electron chi connectivity index (χ4n) is 4.55. The molecule has 0 bridgehead atoms. The molecule has 1 aliphatic carbocycles. The summed E-state index contributed by atoms with van der Waals surface area (Å²) in [7, 11) is 0. The molecule has 1 saturated heterocycles. The third-order valence-electron chi connectivity index (χ3n) is 5.74. The highest BCUT2D eigenvalue weighted by molar-refractivity contribution is 5.92. The largest absolute Gasteiger partial charge is 0.385 e. The number of nitrogens with zero attached hydrogens (tertiary/aromatic N) is 2. The van der Waals surface area contributed by atoms with E-state index in [2.05, 4.69) is 10.2 Å². The van der Waals surface area contributed by atoms with E-state index in [0.717, 1.165) is 31.2 Å². The van der Waals surface area contributed by atoms with Gasteiger partial charge in [-0.25, -0.2) is 0 Å². The van der Waals surface area contributed by atoms with Gasteiger partial charge in [0, 0.05) is 24.7 Å². The summed E-state index contributed by atoms with van der Waals surface area (Å²) < 4.78 is 0. The van der Waals surface area contributed by atoms with Gasteiger partial charge in [0.25, 0.3) is 5.91 Å². The van der Waals surface area contributed by atoms with Crippen LogP contribution < -0.4 is 0 Å². The van der Waals surface area contributed by atoms with Crippen molar-refractivity contribution in [3.8, 4) is 0 Å². The Hall–Kier alpha value is -2.14. The third kappa shape index (κ3) is 2.44. The first-order valence-electron chi connectivity index (χ1n) is 8.78. The lowest BCUT2D eigenvalue weighted by molar-refractivity contribution is -0.110. The molecule has 0 spiro atoms. The first-order chi connectivity index (χ1) is 11.7. The molecular weight excluding hydrogens is 302 g/mol. The van der Waals surface area contributed by atoms with Gasteiger partial charge in [-0.3, -0.25) is 9.89 Å². The lowest BCUT2D eigenvalue weighted by Crippen LogP contribution is -2.59. The number of benzene rings is 1. The van der Waals surface area contributed by atoms with Gasteiger partial charge >= 0.3 is 0 Å². The molecule has 24 heavy (non-hydrogen) atoms. The van der Waals surface area contributed by atoms with Crippen LogP contribution in [0, 0.1) is 5.92 Å². The van der Waals surface area contributed by atoms with Crippen LogP contribution in [0.1, 0.15) is 48.2 Å². The minimum Gasteiger partial charge on any atom is -0.385 e. The summed E-state index contributed by atoms with van der Waals surface area (Å²) >= 11 is 0. The molecule has 0 unspecified atom stereocenters. The Morgan fingerprint density at radius 1 is 1.21 bits per heavy atom. The van der Waals surface area contributed by atoms with E-state index in [1.807, 2.05) is 35.2 Å². The highest BCUT2D eigenvalue weighted by Gasteiger charge is 2.50. The number of fused-ring (bicyclic) bond motifs is 1. The number of hydrogen-bond donors (Lipinski definition) is 2. The van der Waals surface area contributed by atoms with Crippen LogP contribution in [0.3, 0.4) is 0 Å². The van der Waals surface area contributed by atoms with Crippen molar-refractivity contribution in [1.29, 1.82) is 0 Å². The molecule has 3 atom stereocenters. The van der Waals surface area contributed by atoms with Crippen LogP contribution in [0.25, 0.3) is 0 Å². The summed E-state index contributed by atoms with van der Waals surface area (Å²) in [6, 6.07) is 11.8. The normalized spacial score (nSPS) is 30.0. The monoisotopic (exact) mass is 325 g/mol. The molecule has 2 fully saturated rings. The van der Waals surface area contributed by atoms with E-state index in [9.17, 15) is 9.90 Å². The highest BCUT2D eigenvalue weighted by Crippen LogP contribution is 2.47. The topological polar surface area (TPSA) is 69.2 Å². The van der Waals surface area contributed by atoms with E-state index >= 15 is 0 Å². The van der Waals surface area contributed by atoms with Gasteiger partial charge in [0.2, 0.25) is 0 Å². The number of likely N-dealkylation sites (tertiary alicyclic amines) is 1. The molecule has 2 aromatic rings. The minimum absolute atomic E-state index is 0.000452. The molecule has 5 heteroatoms. The summed E-state index contributed by atoms with van der Waals surface area (Å²) in [5.74, 6) is 0.0915. The number of piperidine rings is 1. The Kier molecular flexibility index (Phi) is 3.88. The molecule has 1 aromatic heterocycles. The third-order valence-corrected chi connectivity index (χ3v) is 5.74. The molecule has 1 aromatic carbocycles. The fourth-order valence-corrected chi connectivity index (χ4v) is 4.55. The van der Waals surface area contributed by atoms with Crippen molar-refractivity contribution in [2.24, 2.45) is 5.92 Å². The lowest BCUT2D eigenvalue weighted by Gasteiger charge is -2.52. The van der Waals surface area contributed by atoms with Crippen molar-refractivity contribution in [3.05, 3.63) is 53.9 Å². The molecular formula is C19H23N3O2. The van der Waals surface area contributed by atoms with Crippen molar-refractivity contribution >= 4 is 5.91 Å². The number of amides is 1. The van der Waals surface area contributed by atoms with Gasteiger partial charge in [0.1, 0.15) is 5.69 Å². The van der Waals surface area contributed by atoms with Gasteiger partial charge in [0.15, 0.2) is 0 Å². The van der Waals surface area contributed by atoms with Gasteiger partial charge in [-0.1, -0.05) is 43.2 Å². The van der Waals surface area contributed by atoms with E-state index in [1.165, 1.54) is 0 Å². The Balaban J connectivity index is 1.66. The zero-order valence-corrected chi connectivity index (χ0v) is 13.7. The van der Waals surface area contributed by atoms with Crippen molar-refractivity contribution in [3.63, 3.8) is 0 Å². The van der Waals surface area contributed by atoms with Crippen LogP contribution in [0.4, 0.5) is 0 Å². The van der Waals surface area contributed by atoms with Gasteiger partial charge in [-0.05, 0) is 30.9 Å². The van der Waals surface area contributed by atoms with Crippen molar-refractivity contribution in [2.45, 2.75) is 43.7 Å². The summed E-state index contributed by atoms with van der Waals surface area (Å²) in [5.41, 5.74) is 0.678. The Labute approximate surface area is 141 Å².